The molecule has 0 aliphatic carbocycles. The smallest absolute Gasteiger partial charge is 0.165 e. The van der Waals surface area contributed by atoms with Crippen molar-refractivity contribution in [2.45, 2.75) is 0 Å². The van der Waals surface area contributed by atoms with E-state index < -0.39 is 0 Å². The third kappa shape index (κ3) is 6.21. The van der Waals surface area contributed by atoms with Crippen molar-refractivity contribution in [2.24, 2.45) is 0 Å². The van der Waals surface area contributed by atoms with Crippen LogP contribution in [0, 0.1) is 0 Å². The van der Waals surface area contributed by atoms with Gasteiger partial charge in [0.25, 0.3) is 0 Å². The lowest BCUT2D eigenvalue weighted by Gasteiger charge is -2.21. The lowest BCUT2D eigenvalue weighted by atomic mass is 9.84. The van der Waals surface area contributed by atoms with Gasteiger partial charge in [0.05, 0.1) is 0 Å². The number of thiophene rings is 2. The lowest BCUT2D eigenvalue weighted by Crippen LogP contribution is -2.03. The summed E-state index contributed by atoms with van der Waals surface area (Å²) in [5.41, 5.74) is 11.9. The van der Waals surface area contributed by atoms with E-state index in [-0.39, 0.29) is 0 Å². The van der Waals surface area contributed by atoms with E-state index in [0.717, 1.165) is 70.6 Å². The summed E-state index contributed by atoms with van der Waals surface area (Å²) in [5.74, 6) is 1.92. The van der Waals surface area contributed by atoms with Gasteiger partial charge >= 0.3 is 0 Å². The van der Waals surface area contributed by atoms with Crippen molar-refractivity contribution < 1.29 is 0 Å². The first-order chi connectivity index (χ1) is 30.7. The molecule has 5 heteroatoms. The summed E-state index contributed by atoms with van der Waals surface area (Å²) in [5, 5.41) is 4.89. The second-order valence-corrected chi connectivity index (χ2v) is 17.6. The molecule has 9 aromatic carbocycles. The minimum Gasteiger partial charge on any atom is -0.208 e. The summed E-state index contributed by atoms with van der Waals surface area (Å²) in [6, 6.07) is 75.7. The Balaban J connectivity index is 1.19. The van der Waals surface area contributed by atoms with Crippen LogP contribution in [0.1, 0.15) is 0 Å². The molecule has 0 N–H and O–H groups in total. The van der Waals surface area contributed by atoms with Crippen LogP contribution in [0.2, 0.25) is 0 Å². The van der Waals surface area contributed by atoms with Crippen LogP contribution in [0.4, 0.5) is 0 Å². The van der Waals surface area contributed by atoms with Gasteiger partial charge in [0.2, 0.25) is 0 Å². The number of aromatic nitrogens is 3. The highest BCUT2D eigenvalue weighted by Crippen LogP contribution is 2.47. The summed E-state index contributed by atoms with van der Waals surface area (Å²) >= 11 is 3.58. The van der Waals surface area contributed by atoms with Gasteiger partial charge in [-0.25, -0.2) is 15.0 Å². The lowest BCUT2D eigenvalue weighted by molar-refractivity contribution is 1.08. The molecule has 12 aromatic rings. The Hall–Kier alpha value is -7.57. The van der Waals surface area contributed by atoms with E-state index in [4.69, 9.17) is 15.0 Å². The van der Waals surface area contributed by atoms with Crippen LogP contribution in [0.3, 0.4) is 0 Å². The Labute approximate surface area is 366 Å². The van der Waals surface area contributed by atoms with Gasteiger partial charge in [-0.15, -0.1) is 22.7 Å². The second-order valence-electron chi connectivity index (χ2n) is 15.5. The van der Waals surface area contributed by atoms with Crippen molar-refractivity contribution in [3.63, 3.8) is 0 Å². The molecule has 0 saturated heterocycles. The molecule has 3 aromatic heterocycles. The molecule has 0 spiro atoms. The van der Waals surface area contributed by atoms with Crippen molar-refractivity contribution in [2.75, 3.05) is 0 Å². The monoisotopic (exact) mass is 825 g/mol. The van der Waals surface area contributed by atoms with Gasteiger partial charge in [0.15, 0.2) is 17.5 Å². The van der Waals surface area contributed by atoms with E-state index in [1.54, 1.807) is 22.7 Å². The summed E-state index contributed by atoms with van der Waals surface area (Å²) < 4.78 is 4.81. The minimum atomic E-state index is 0.623. The molecular formula is C57H35N3S2. The fourth-order valence-electron chi connectivity index (χ4n) is 8.92. The van der Waals surface area contributed by atoms with Crippen molar-refractivity contribution in [1.29, 1.82) is 0 Å². The normalized spacial score (nSPS) is 11.5. The molecule has 0 aliphatic rings. The summed E-state index contributed by atoms with van der Waals surface area (Å²) in [6.07, 6.45) is 0. The Bertz CT molecular complexity index is 3500. The molecule has 0 amide bonds. The molecular weight excluding hydrogens is 791 g/mol. The Morgan fingerprint density at radius 2 is 0.661 bits per heavy atom. The zero-order chi connectivity index (χ0) is 41.0. The van der Waals surface area contributed by atoms with Crippen LogP contribution in [0.15, 0.2) is 212 Å². The molecule has 0 atom stereocenters. The highest BCUT2D eigenvalue weighted by Gasteiger charge is 2.24. The SMILES string of the molecule is c1ccc(-c2cccc(-c3c(-c4nc(-c5cccc6c5sc5ccccc56)nc(-c5cccc6c5sc5ccccc56)n4)ccc(-c4ccccc4)c3-c3ccccc3)c2)cc1. The first-order valence-electron chi connectivity index (χ1n) is 20.8. The predicted octanol–water partition coefficient (Wildman–Crippen LogP) is 16.3. The Morgan fingerprint density at radius 3 is 1.24 bits per heavy atom. The van der Waals surface area contributed by atoms with E-state index in [2.05, 4.69) is 212 Å². The van der Waals surface area contributed by atoms with Gasteiger partial charge in [-0.2, -0.15) is 0 Å². The van der Waals surface area contributed by atoms with Crippen molar-refractivity contribution >= 4 is 63.0 Å². The number of benzene rings is 9. The van der Waals surface area contributed by atoms with Gasteiger partial charge in [-0.3, -0.25) is 0 Å². The largest absolute Gasteiger partial charge is 0.208 e. The summed E-state index contributed by atoms with van der Waals surface area (Å²) in [4.78, 5) is 16.5. The van der Waals surface area contributed by atoms with Gasteiger partial charge in [0.1, 0.15) is 0 Å². The predicted molar refractivity (Wildman–Crippen MR) is 264 cm³/mol. The quantitative estimate of drug-likeness (QED) is 0.161. The number of fused-ring (bicyclic) bond motifs is 6. The van der Waals surface area contributed by atoms with Crippen LogP contribution in [-0.2, 0) is 0 Å². The molecule has 3 nitrogen and oxygen atoms in total. The molecule has 62 heavy (non-hydrogen) atoms. The van der Waals surface area contributed by atoms with Crippen molar-refractivity contribution in [3.05, 3.63) is 212 Å². The Morgan fingerprint density at radius 1 is 0.258 bits per heavy atom. The highest BCUT2D eigenvalue weighted by atomic mass is 32.1. The maximum Gasteiger partial charge on any atom is 0.165 e. The zero-order valence-corrected chi connectivity index (χ0v) is 35.0. The Kier molecular flexibility index (Phi) is 8.87. The fraction of sp³-hybridized carbons (Fsp3) is 0. The van der Waals surface area contributed by atoms with Crippen LogP contribution >= 0.6 is 22.7 Å². The van der Waals surface area contributed by atoms with Crippen LogP contribution in [0.25, 0.3) is 119 Å². The summed E-state index contributed by atoms with van der Waals surface area (Å²) in [7, 11) is 0. The van der Waals surface area contributed by atoms with E-state index in [0.29, 0.717) is 17.5 Å². The van der Waals surface area contributed by atoms with Crippen LogP contribution in [-0.4, -0.2) is 15.0 Å². The molecule has 12 rings (SSSR count). The third-order valence-corrected chi connectivity index (χ3v) is 14.2. The van der Waals surface area contributed by atoms with Gasteiger partial charge in [-0.05, 0) is 75.3 Å². The second kappa shape index (κ2) is 15.2. The third-order valence-electron chi connectivity index (χ3n) is 11.8. The van der Waals surface area contributed by atoms with Gasteiger partial charge < -0.3 is 0 Å². The van der Waals surface area contributed by atoms with Crippen LogP contribution < -0.4 is 0 Å². The van der Waals surface area contributed by atoms with E-state index >= 15 is 0 Å². The number of nitrogens with zero attached hydrogens (tertiary/aromatic N) is 3. The van der Waals surface area contributed by atoms with Crippen molar-refractivity contribution in [3.8, 4) is 78.7 Å². The van der Waals surface area contributed by atoms with Gasteiger partial charge in [0, 0.05) is 62.6 Å². The standard InChI is InChI=1S/C57H35N3S2/c1-4-17-36(18-5-1)39-23-14-24-40(35-39)52-46(34-33-41(37-19-6-2-7-20-37)51(52)38-21-8-3-9-22-38)55-58-56(47-29-15-27-44-42-25-10-12-31-49(42)61-53(44)47)60-57(59-55)48-30-16-28-45-43-26-11-13-32-50(43)62-54(45)48/h1-35H. The molecule has 0 bridgehead atoms. The first kappa shape index (κ1) is 36.3. The molecule has 0 aliphatic heterocycles. The van der Waals surface area contributed by atoms with E-state index in [1.807, 2.05) is 0 Å². The number of rotatable bonds is 7. The molecule has 0 fully saturated rings. The van der Waals surface area contributed by atoms with E-state index in [9.17, 15) is 0 Å². The molecule has 290 valence electrons. The van der Waals surface area contributed by atoms with Gasteiger partial charge in [-0.1, -0.05) is 176 Å². The molecule has 0 radical (unpaired) electrons. The average Bonchev–Trinajstić information content (AvgIpc) is 3.93. The van der Waals surface area contributed by atoms with E-state index in [1.165, 1.54) is 30.9 Å². The molecule has 3 heterocycles. The summed E-state index contributed by atoms with van der Waals surface area (Å²) in [6.45, 7) is 0. The maximum atomic E-state index is 5.53. The minimum absolute atomic E-state index is 0.623. The number of hydrogen-bond acceptors (Lipinski definition) is 5. The highest BCUT2D eigenvalue weighted by molar-refractivity contribution is 7.26. The molecule has 0 unspecified atom stereocenters. The fourth-order valence-corrected chi connectivity index (χ4v) is 11.3. The maximum absolute atomic E-state index is 5.53. The zero-order valence-electron chi connectivity index (χ0n) is 33.4. The van der Waals surface area contributed by atoms with Crippen molar-refractivity contribution in [1.82, 2.24) is 15.0 Å². The first-order valence-corrected chi connectivity index (χ1v) is 22.4. The topological polar surface area (TPSA) is 38.7 Å². The average molecular weight is 826 g/mol. The number of hydrogen-bond donors (Lipinski definition) is 0. The van der Waals surface area contributed by atoms with Crippen LogP contribution in [0.5, 0.6) is 0 Å². The molecule has 0 saturated carbocycles.